The Balaban J connectivity index is 1.43. The molecule has 3 heterocycles. The molecular formula is C19H20N8O2S. The van der Waals surface area contributed by atoms with Crippen LogP contribution in [0, 0.1) is 6.92 Å². The Labute approximate surface area is 173 Å². The van der Waals surface area contributed by atoms with Crippen LogP contribution in [-0.4, -0.2) is 37.9 Å². The number of hydrogen-bond donors (Lipinski definition) is 2. The largest absolute Gasteiger partial charge is 0.339 e. The van der Waals surface area contributed by atoms with E-state index in [2.05, 4.69) is 30.3 Å². The van der Waals surface area contributed by atoms with Crippen molar-refractivity contribution in [3.63, 3.8) is 0 Å². The van der Waals surface area contributed by atoms with E-state index in [1.807, 2.05) is 6.92 Å². The number of benzene rings is 1. The maximum Gasteiger partial charge on any atom is 0.280 e. The number of rotatable bonds is 7. The molecule has 0 bridgehead atoms. The van der Waals surface area contributed by atoms with Crippen molar-refractivity contribution in [3.05, 3.63) is 66.9 Å². The van der Waals surface area contributed by atoms with Crippen molar-refractivity contribution < 1.29 is 8.42 Å². The van der Waals surface area contributed by atoms with Gasteiger partial charge < -0.3 is 9.88 Å². The Bertz CT molecular complexity index is 1230. The molecule has 4 rings (SSSR count). The van der Waals surface area contributed by atoms with Crippen molar-refractivity contribution in [1.82, 2.24) is 29.5 Å². The number of nitrogens with zero attached hydrogens (tertiary/aromatic N) is 6. The second-order valence-corrected chi connectivity index (χ2v) is 8.08. The van der Waals surface area contributed by atoms with Crippen LogP contribution in [-0.2, 0) is 16.6 Å². The normalized spacial score (nSPS) is 11.4. The second-order valence-electron chi connectivity index (χ2n) is 6.45. The van der Waals surface area contributed by atoms with Gasteiger partial charge in [0, 0.05) is 36.5 Å². The highest BCUT2D eigenvalue weighted by molar-refractivity contribution is 7.92. The quantitative estimate of drug-likeness (QED) is 0.468. The summed E-state index contributed by atoms with van der Waals surface area (Å²) in [5, 5.41) is 15.5. The molecule has 0 aliphatic heterocycles. The minimum absolute atomic E-state index is 0.00315. The first kappa shape index (κ1) is 19.6. The molecule has 30 heavy (non-hydrogen) atoms. The van der Waals surface area contributed by atoms with Crippen LogP contribution in [0.15, 0.2) is 66.1 Å². The Hall–Kier alpha value is -3.73. The SMILES string of the molecule is CCn1cc(S(=O)(=O)Nc2ccc(Nc3ccc(-n4cccn4)nn3)cc2)nc1C. The summed E-state index contributed by atoms with van der Waals surface area (Å²) in [6.45, 7) is 4.35. The Morgan fingerprint density at radius 3 is 2.40 bits per heavy atom. The molecule has 1 aromatic carbocycles. The average molecular weight is 424 g/mol. The lowest BCUT2D eigenvalue weighted by molar-refractivity contribution is 0.598. The third-order valence-corrected chi connectivity index (χ3v) is 5.62. The average Bonchev–Trinajstić information content (AvgIpc) is 3.40. The number of aryl methyl sites for hydroxylation is 2. The van der Waals surface area contributed by atoms with E-state index in [0.717, 1.165) is 5.69 Å². The molecule has 0 aliphatic rings. The van der Waals surface area contributed by atoms with E-state index < -0.39 is 10.0 Å². The van der Waals surface area contributed by atoms with Gasteiger partial charge in [0.2, 0.25) is 0 Å². The fourth-order valence-electron chi connectivity index (χ4n) is 2.82. The van der Waals surface area contributed by atoms with Crippen molar-refractivity contribution in [2.45, 2.75) is 25.4 Å². The van der Waals surface area contributed by atoms with Gasteiger partial charge in [-0.05, 0) is 56.3 Å². The van der Waals surface area contributed by atoms with Crippen LogP contribution < -0.4 is 10.0 Å². The molecule has 4 aromatic rings. The van der Waals surface area contributed by atoms with Crippen LogP contribution in [0.4, 0.5) is 17.2 Å². The predicted molar refractivity (Wildman–Crippen MR) is 112 cm³/mol. The third kappa shape index (κ3) is 4.15. The maximum atomic E-state index is 12.6. The Morgan fingerprint density at radius 2 is 1.80 bits per heavy atom. The van der Waals surface area contributed by atoms with E-state index in [0.29, 0.717) is 29.7 Å². The third-order valence-electron chi connectivity index (χ3n) is 4.37. The molecule has 154 valence electrons. The fraction of sp³-hybridized carbons (Fsp3) is 0.158. The number of aromatic nitrogens is 6. The van der Waals surface area contributed by atoms with Crippen molar-refractivity contribution in [2.24, 2.45) is 0 Å². The van der Waals surface area contributed by atoms with Gasteiger partial charge in [-0.2, -0.15) is 13.5 Å². The zero-order chi connectivity index (χ0) is 21.1. The number of sulfonamides is 1. The van der Waals surface area contributed by atoms with E-state index in [1.54, 1.807) is 71.0 Å². The van der Waals surface area contributed by atoms with Gasteiger partial charge in [-0.1, -0.05) is 0 Å². The molecule has 0 atom stereocenters. The van der Waals surface area contributed by atoms with Gasteiger partial charge in [-0.15, -0.1) is 10.2 Å². The predicted octanol–water partition coefficient (Wildman–Crippen LogP) is 2.73. The lowest BCUT2D eigenvalue weighted by Crippen LogP contribution is -2.13. The molecule has 0 radical (unpaired) electrons. The number of nitrogens with one attached hydrogen (secondary N) is 2. The lowest BCUT2D eigenvalue weighted by Gasteiger charge is -2.08. The molecule has 11 heteroatoms. The Kier molecular flexibility index (Phi) is 5.19. The van der Waals surface area contributed by atoms with Gasteiger partial charge in [-0.3, -0.25) is 4.72 Å². The van der Waals surface area contributed by atoms with Gasteiger partial charge >= 0.3 is 0 Å². The van der Waals surface area contributed by atoms with E-state index >= 15 is 0 Å². The molecular weight excluding hydrogens is 404 g/mol. The van der Waals surface area contributed by atoms with Crippen molar-refractivity contribution >= 4 is 27.2 Å². The monoisotopic (exact) mass is 424 g/mol. The highest BCUT2D eigenvalue weighted by Crippen LogP contribution is 2.20. The molecule has 10 nitrogen and oxygen atoms in total. The minimum Gasteiger partial charge on any atom is -0.339 e. The molecule has 0 fully saturated rings. The zero-order valence-corrected chi connectivity index (χ0v) is 17.2. The number of hydrogen-bond acceptors (Lipinski definition) is 7. The van der Waals surface area contributed by atoms with Crippen molar-refractivity contribution in [3.8, 4) is 5.82 Å². The van der Waals surface area contributed by atoms with Crippen LogP contribution in [0.5, 0.6) is 0 Å². The van der Waals surface area contributed by atoms with Gasteiger partial charge in [0.1, 0.15) is 5.82 Å². The molecule has 0 unspecified atom stereocenters. The minimum atomic E-state index is -3.76. The standard InChI is InChI=1S/C19H20N8O2S/c1-3-26-13-19(21-14(26)2)30(28,29)25-16-7-5-15(6-8-16)22-17-9-10-18(24-23-17)27-12-4-11-20-27/h4-13,25H,3H2,1-2H3,(H,22,23). The first-order valence-electron chi connectivity index (χ1n) is 9.22. The summed E-state index contributed by atoms with van der Waals surface area (Å²) in [5.41, 5.74) is 1.18. The smallest absolute Gasteiger partial charge is 0.280 e. The van der Waals surface area contributed by atoms with E-state index in [1.165, 1.54) is 6.20 Å². The van der Waals surface area contributed by atoms with Gasteiger partial charge in [0.15, 0.2) is 16.7 Å². The molecule has 0 saturated carbocycles. The molecule has 0 spiro atoms. The van der Waals surface area contributed by atoms with Crippen molar-refractivity contribution in [2.75, 3.05) is 10.0 Å². The topological polar surface area (TPSA) is 120 Å². The first-order chi connectivity index (χ1) is 14.4. The van der Waals surface area contributed by atoms with Crippen LogP contribution in [0.1, 0.15) is 12.7 Å². The maximum absolute atomic E-state index is 12.6. The van der Waals surface area contributed by atoms with Crippen LogP contribution in [0.2, 0.25) is 0 Å². The number of imidazole rings is 1. The summed E-state index contributed by atoms with van der Waals surface area (Å²) in [5.74, 6) is 1.81. The summed E-state index contributed by atoms with van der Waals surface area (Å²) in [7, 11) is -3.76. The van der Waals surface area contributed by atoms with Gasteiger partial charge in [0.05, 0.1) is 0 Å². The highest BCUT2D eigenvalue weighted by Gasteiger charge is 2.19. The van der Waals surface area contributed by atoms with Crippen LogP contribution in [0.25, 0.3) is 5.82 Å². The number of anilines is 3. The van der Waals surface area contributed by atoms with Crippen molar-refractivity contribution in [1.29, 1.82) is 0 Å². The summed E-state index contributed by atoms with van der Waals surface area (Å²) in [6.07, 6.45) is 4.98. The van der Waals surface area contributed by atoms with E-state index in [-0.39, 0.29) is 5.03 Å². The second kappa shape index (κ2) is 7.95. The summed E-state index contributed by atoms with van der Waals surface area (Å²) < 4.78 is 31.1. The fourth-order valence-corrected chi connectivity index (χ4v) is 3.89. The van der Waals surface area contributed by atoms with E-state index in [9.17, 15) is 8.42 Å². The summed E-state index contributed by atoms with van der Waals surface area (Å²) in [4.78, 5) is 4.13. The lowest BCUT2D eigenvalue weighted by atomic mass is 10.3. The zero-order valence-electron chi connectivity index (χ0n) is 16.4. The van der Waals surface area contributed by atoms with Crippen LogP contribution in [0.3, 0.4) is 0 Å². The Morgan fingerprint density at radius 1 is 1.03 bits per heavy atom. The molecule has 2 N–H and O–H groups in total. The molecule has 3 aromatic heterocycles. The molecule has 0 aliphatic carbocycles. The summed E-state index contributed by atoms with van der Waals surface area (Å²) >= 11 is 0. The van der Waals surface area contributed by atoms with E-state index in [4.69, 9.17) is 0 Å². The van der Waals surface area contributed by atoms with Gasteiger partial charge in [-0.25, -0.2) is 9.67 Å². The molecule has 0 amide bonds. The summed E-state index contributed by atoms with van der Waals surface area (Å²) in [6, 6.07) is 12.2. The molecule has 0 saturated heterocycles. The first-order valence-corrected chi connectivity index (χ1v) is 10.7. The highest BCUT2D eigenvalue weighted by atomic mass is 32.2. The van der Waals surface area contributed by atoms with Gasteiger partial charge in [0.25, 0.3) is 10.0 Å². The van der Waals surface area contributed by atoms with Crippen LogP contribution >= 0.6 is 0 Å².